The van der Waals surface area contributed by atoms with E-state index >= 15 is 0 Å². The summed E-state index contributed by atoms with van der Waals surface area (Å²) in [7, 11) is 1.49. The average molecular weight is 273 g/mol. The Morgan fingerprint density at radius 2 is 2.05 bits per heavy atom. The molecule has 0 radical (unpaired) electrons. The lowest BCUT2D eigenvalue weighted by Crippen LogP contribution is -2.19. The van der Waals surface area contributed by atoms with Gasteiger partial charge in [-0.2, -0.15) is 0 Å². The van der Waals surface area contributed by atoms with Crippen LogP contribution in [0.3, 0.4) is 0 Å². The van der Waals surface area contributed by atoms with Gasteiger partial charge in [-0.25, -0.2) is 9.78 Å². The van der Waals surface area contributed by atoms with E-state index in [4.69, 9.17) is 9.84 Å². The van der Waals surface area contributed by atoms with Crippen LogP contribution in [0.4, 0.5) is 0 Å². The molecule has 0 spiro atoms. The lowest BCUT2D eigenvalue weighted by Gasteiger charge is -2.08. The summed E-state index contributed by atoms with van der Waals surface area (Å²) in [5.74, 6) is -1.16. The molecule has 0 atom stereocenters. The van der Waals surface area contributed by atoms with Crippen molar-refractivity contribution >= 4 is 11.9 Å². The van der Waals surface area contributed by atoms with Crippen LogP contribution in [0.2, 0.25) is 0 Å². The molecule has 2 rings (SSSR count). The SMILES string of the molecule is CNC(=O)c1cc(Oc2cccnc2C(=O)O)ccn1. The van der Waals surface area contributed by atoms with Gasteiger partial charge in [0.1, 0.15) is 11.4 Å². The van der Waals surface area contributed by atoms with Crippen molar-refractivity contribution in [2.24, 2.45) is 0 Å². The van der Waals surface area contributed by atoms with Crippen LogP contribution in [0.1, 0.15) is 21.0 Å². The summed E-state index contributed by atoms with van der Waals surface area (Å²) in [5.41, 5.74) is -0.0310. The van der Waals surface area contributed by atoms with E-state index in [0.29, 0.717) is 5.75 Å². The fourth-order valence-electron chi connectivity index (χ4n) is 1.49. The predicted molar refractivity (Wildman–Crippen MR) is 68.9 cm³/mol. The first-order valence-electron chi connectivity index (χ1n) is 5.66. The molecule has 0 aromatic carbocycles. The molecule has 0 saturated carbocycles. The highest BCUT2D eigenvalue weighted by molar-refractivity contribution is 5.92. The van der Waals surface area contributed by atoms with E-state index in [1.165, 1.54) is 37.6 Å². The Labute approximate surface area is 114 Å². The summed E-state index contributed by atoms with van der Waals surface area (Å²) >= 11 is 0. The van der Waals surface area contributed by atoms with E-state index in [2.05, 4.69) is 15.3 Å². The van der Waals surface area contributed by atoms with Gasteiger partial charge in [0.2, 0.25) is 0 Å². The number of pyridine rings is 2. The number of hydrogen-bond acceptors (Lipinski definition) is 5. The van der Waals surface area contributed by atoms with Crippen LogP contribution < -0.4 is 10.1 Å². The first-order chi connectivity index (χ1) is 9.61. The van der Waals surface area contributed by atoms with Gasteiger partial charge in [-0.3, -0.25) is 9.78 Å². The maximum absolute atomic E-state index is 11.5. The van der Waals surface area contributed by atoms with E-state index in [1.807, 2.05) is 0 Å². The van der Waals surface area contributed by atoms with Gasteiger partial charge in [0.05, 0.1) is 0 Å². The summed E-state index contributed by atoms with van der Waals surface area (Å²) < 4.78 is 5.44. The molecule has 2 heterocycles. The minimum atomic E-state index is -1.19. The minimum absolute atomic E-state index is 0.0917. The van der Waals surface area contributed by atoms with Gasteiger partial charge < -0.3 is 15.2 Å². The highest BCUT2D eigenvalue weighted by atomic mass is 16.5. The minimum Gasteiger partial charge on any atom is -0.476 e. The molecule has 7 nitrogen and oxygen atoms in total. The summed E-state index contributed by atoms with van der Waals surface area (Å²) in [4.78, 5) is 30.1. The van der Waals surface area contributed by atoms with Crippen molar-refractivity contribution in [2.75, 3.05) is 7.05 Å². The van der Waals surface area contributed by atoms with E-state index in [-0.39, 0.29) is 23.0 Å². The van der Waals surface area contributed by atoms with Gasteiger partial charge >= 0.3 is 5.97 Å². The predicted octanol–water partition coefficient (Wildman–Crippen LogP) is 1.33. The highest BCUT2D eigenvalue weighted by Crippen LogP contribution is 2.23. The van der Waals surface area contributed by atoms with Gasteiger partial charge in [-0.15, -0.1) is 0 Å². The molecule has 0 bridgehead atoms. The Morgan fingerprint density at radius 1 is 1.25 bits per heavy atom. The molecule has 0 aliphatic heterocycles. The van der Waals surface area contributed by atoms with Crippen LogP contribution in [0, 0.1) is 0 Å². The van der Waals surface area contributed by atoms with Crippen LogP contribution >= 0.6 is 0 Å². The molecule has 7 heteroatoms. The first-order valence-corrected chi connectivity index (χ1v) is 5.66. The number of carboxylic acids is 1. The quantitative estimate of drug-likeness (QED) is 0.871. The Bertz CT molecular complexity index is 658. The van der Waals surface area contributed by atoms with Crippen LogP contribution in [-0.4, -0.2) is 34.0 Å². The van der Waals surface area contributed by atoms with Crippen molar-refractivity contribution < 1.29 is 19.4 Å². The second-order valence-electron chi connectivity index (χ2n) is 3.71. The maximum Gasteiger partial charge on any atom is 0.358 e. The lowest BCUT2D eigenvalue weighted by molar-refractivity contribution is 0.0687. The van der Waals surface area contributed by atoms with Gasteiger partial charge in [0, 0.05) is 25.5 Å². The van der Waals surface area contributed by atoms with Crippen LogP contribution in [-0.2, 0) is 0 Å². The lowest BCUT2D eigenvalue weighted by atomic mass is 10.3. The highest BCUT2D eigenvalue weighted by Gasteiger charge is 2.14. The number of rotatable bonds is 4. The van der Waals surface area contributed by atoms with Crippen LogP contribution in [0.15, 0.2) is 36.7 Å². The molecular weight excluding hydrogens is 262 g/mol. The van der Waals surface area contributed by atoms with E-state index in [0.717, 1.165) is 0 Å². The number of carboxylic acid groups (broad SMARTS) is 1. The molecule has 0 unspecified atom stereocenters. The third kappa shape index (κ3) is 2.89. The number of amides is 1. The number of aromatic nitrogens is 2. The molecule has 2 aromatic heterocycles. The van der Waals surface area contributed by atoms with Gasteiger partial charge in [0.25, 0.3) is 5.91 Å². The number of carbonyl (C=O) groups excluding carboxylic acids is 1. The number of nitrogens with zero attached hydrogens (tertiary/aromatic N) is 2. The van der Waals surface area contributed by atoms with Gasteiger partial charge in [-0.1, -0.05) is 0 Å². The third-order valence-electron chi connectivity index (χ3n) is 2.39. The van der Waals surface area contributed by atoms with Crippen molar-refractivity contribution in [3.8, 4) is 11.5 Å². The molecular formula is C13H11N3O4. The molecule has 102 valence electrons. The van der Waals surface area contributed by atoms with Crippen molar-refractivity contribution in [1.82, 2.24) is 15.3 Å². The smallest absolute Gasteiger partial charge is 0.358 e. The number of ether oxygens (including phenoxy) is 1. The van der Waals surface area contributed by atoms with Crippen molar-refractivity contribution in [2.45, 2.75) is 0 Å². The number of aromatic carboxylic acids is 1. The Balaban J connectivity index is 2.31. The normalized spacial score (nSPS) is 9.85. The van der Waals surface area contributed by atoms with Gasteiger partial charge in [-0.05, 0) is 18.2 Å². The summed E-state index contributed by atoms with van der Waals surface area (Å²) in [6, 6.07) is 5.97. The topological polar surface area (TPSA) is 101 Å². The molecule has 2 N–H and O–H groups in total. The molecule has 0 saturated heterocycles. The summed E-state index contributed by atoms with van der Waals surface area (Å²) in [6.07, 6.45) is 2.76. The molecule has 0 aliphatic carbocycles. The zero-order valence-electron chi connectivity index (χ0n) is 10.5. The van der Waals surface area contributed by atoms with Crippen molar-refractivity contribution in [3.63, 3.8) is 0 Å². The second-order valence-corrected chi connectivity index (χ2v) is 3.71. The van der Waals surface area contributed by atoms with E-state index in [9.17, 15) is 9.59 Å². The fraction of sp³-hybridized carbons (Fsp3) is 0.0769. The van der Waals surface area contributed by atoms with Crippen LogP contribution in [0.5, 0.6) is 11.5 Å². The molecule has 1 amide bonds. The van der Waals surface area contributed by atoms with Crippen LogP contribution in [0.25, 0.3) is 0 Å². The Kier molecular flexibility index (Phi) is 3.90. The average Bonchev–Trinajstić information content (AvgIpc) is 2.47. The van der Waals surface area contributed by atoms with Crippen molar-refractivity contribution in [1.29, 1.82) is 0 Å². The fourth-order valence-corrected chi connectivity index (χ4v) is 1.49. The first kappa shape index (κ1) is 13.5. The third-order valence-corrected chi connectivity index (χ3v) is 2.39. The Hall–Kier alpha value is -2.96. The van der Waals surface area contributed by atoms with Crippen molar-refractivity contribution in [3.05, 3.63) is 48.0 Å². The van der Waals surface area contributed by atoms with E-state index < -0.39 is 5.97 Å². The standard InChI is InChI=1S/C13H11N3O4/c1-14-12(17)9-7-8(4-6-15-9)20-10-3-2-5-16-11(10)13(18)19/h2-7H,1H3,(H,14,17)(H,18,19). The van der Waals surface area contributed by atoms with Gasteiger partial charge in [0.15, 0.2) is 11.4 Å². The zero-order valence-corrected chi connectivity index (χ0v) is 10.5. The number of hydrogen-bond donors (Lipinski definition) is 2. The molecule has 2 aromatic rings. The molecule has 0 fully saturated rings. The largest absolute Gasteiger partial charge is 0.476 e. The number of carbonyl (C=O) groups is 2. The van der Waals surface area contributed by atoms with E-state index in [1.54, 1.807) is 6.07 Å². The molecule has 20 heavy (non-hydrogen) atoms. The monoisotopic (exact) mass is 273 g/mol. The zero-order chi connectivity index (χ0) is 14.5. The number of nitrogens with one attached hydrogen (secondary N) is 1. The second kappa shape index (κ2) is 5.79. The Morgan fingerprint density at radius 3 is 2.75 bits per heavy atom. The summed E-state index contributed by atoms with van der Waals surface area (Å²) in [6.45, 7) is 0. The molecule has 0 aliphatic rings. The summed E-state index contributed by atoms with van der Waals surface area (Å²) in [5, 5.41) is 11.4. The maximum atomic E-state index is 11.5.